The number of aryl methyl sites for hydroxylation is 1. The molecule has 0 aromatic heterocycles. The van der Waals surface area contributed by atoms with Crippen LogP contribution in [0.2, 0.25) is 0 Å². The van der Waals surface area contributed by atoms with Crippen molar-refractivity contribution in [1.82, 2.24) is 0 Å². The first-order chi connectivity index (χ1) is 17.0. The normalized spacial score (nSPS) is 17.0. The molecule has 180 valence electrons. The molecule has 4 rings (SSSR count). The van der Waals surface area contributed by atoms with E-state index in [1.807, 2.05) is 57.2 Å². The van der Waals surface area contributed by atoms with Gasteiger partial charge in [0.25, 0.3) is 11.7 Å². The number of ether oxygens (including phenoxy) is 2. The second-order valence-electron chi connectivity index (χ2n) is 8.34. The van der Waals surface area contributed by atoms with Crippen molar-refractivity contribution in [3.63, 3.8) is 0 Å². The quantitative estimate of drug-likeness (QED) is 0.255. The van der Waals surface area contributed by atoms with E-state index in [1.54, 1.807) is 36.4 Å². The molecule has 0 radical (unpaired) electrons. The van der Waals surface area contributed by atoms with Gasteiger partial charge in [-0.15, -0.1) is 0 Å². The van der Waals surface area contributed by atoms with E-state index in [2.05, 4.69) is 0 Å². The zero-order valence-electron chi connectivity index (χ0n) is 20.2. The minimum absolute atomic E-state index is 0.0274. The summed E-state index contributed by atoms with van der Waals surface area (Å²) in [7, 11) is 0. The second-order valence-corrected chi connectivity index (χ2v) is 8.34. The molecule has 1 heterocycles. The molecular weight excluding hydrogens is 442 g/mol. The number of hydrogen-bond donors (Lipinski definition) is 1. The fraction of sp³-hybridized carbons (Fsp3) is 0.241. The first-order valence-electron chi connectivity index (χ1n) is 11.8. The Balaban J connectivity index is 1.91. The first-order valence-corrected chi connectivity index (χ1v) is 11.8. The zero-order valence-corrected chi connectivity index (χ0v) is 20.2. The van der Waals surface area contributed by atoms with Crippen molar-refractivity contribution in [3.05, 3.63) is 95.1 Å². The molecule has 1 fully saturated rings. The predicted molar refractivity (Wildman–Crippen MR) is 136 cm³/mol. The van der Waals surface area contributed by atoms with Crippen LogP contribution in [0.3, 0.4) is 0 Å². The average molecular weight is 472 g/mol. The van der Waals surface area contributed by atoms with Crippen molar-refractivity contribution >= 4 is 23.1 Å². The Morgan fingerprint density at radius 2 is 1.63 bits per heavy atom. The van der Waals surface area contributed by atoms with Gasteiger partial charge in [-0.1, -0.05) is 49.4 Å². The van der Waals surface area contributed by atoms with Gasteiger partial charge in [-0.05, 0) is 61.7 Å². The van der Waals surface area contributed by atoms with Crippen LogP contribution in [0.4, 0.5) is 5.69 Å². The summed E-state index contributed by atoms with van der Waals surface area (Å²) >= 11 is 0. The molecule has 1 atom stereocenters. The van der Waals surface area contributed by atoms with E-state index in [9.17, 15) is 14.7 Å². The molecule has 35 heavy (non-hydrogen) atoms. The van der Waals surface area contributed by atoms with E-state index in [-0.39, 0.29) is 11.3 Å². The number of aliphatic hydroxyl groups excluding tert-OH is 1. The Hall–Kier alpha value is -4.06. The number of anilines is 1. The number of aliphatic hydroxyl groups is 1. The van der Waals surface area contributed by atoms with E-state index in [1.165, 1.54) is 4.90 Å². The van der Waals surface area contributed by atoms with E-state index >= 15 is 0 Å². The lowest BCUT2D eigenvalue weighted by Gasteiger charge is -2.27. The van der Waals surface area contributed by atoms with Crippen LogP contribution in [-0.2, 0) is 9.59 Å². The maximum Gasteiger partial charge on any atom is 0.300 e. The molecule has 1 unspecified atom stereocenters. The number of amides is 1. The first kappa shape index (κ1) is 24.1. The number of benzene rings is 3. The van der Waals surface area contributed by atoms with Gasteiger partial charge in [0.05, 0.1) is 24.8 Å². The van der Waals surface area contributed by atoms with Crippen molar-refractivity contribution in [2.24, 2.45) is 0 Å². The van der Waals surface area contributed by atoms with Gasteiger partial charge in [0, 0.05) is 11.3 Å². The second kappa shape index (κ2) is 10.5. The highest BCUT2D eigenvalue weighted by Crippen LogP contribution is 2.43. The molecule has 6 nitrogen and oxygen atoms in total. The van der Waals surface area contributed by atoms with Crippen LogP contribution in [-0.4, -0.2) is 30.0 Å². The third-order valence-corrected chi connectivity index (χ3v) is 5.88. The topological polar surface area (TPSA) is 76.1 Å². The summed E-state index contributed by atoms with van der Waals surface area (Å²) in [4.78, 5) is 28.2. The zero-order chi connectivity index (χ0) is 24.9. The summed E-state index contributed by atoms with van der Waals surface area (Å²) in [6, 6.07) is 20.8. The van der Waals surface area contributed by atoms with Gasteiger partial charge in [-0.3, -0.25) is 14.5 Å². The van der Waals surface area contributed by atoms with Gasteiger partial charge in [0.1, 0.15) is 17.3 Å². The lowest BCUT2D eigenvalue weighted by Crippen LogP contribution is -2.30. The van der Waals surface area contributed by atoms with Crippen LogP contribution >= 0.6 is 0 Å². The molecule has 1 aliphatic rings. The summed E-state index contributed by atoms with van der Waals surface area (Å²) in [5.74, 6) is -0.467. The third-order valence-electron chi connectivity index (χ3n) is 5.88. The Morgan fingerprint density at radius 3 is 2.34 bits per heavy atom. The maximum absolute atomic E-state index is 13.4. The SMILES string of the molecule is CCCOc1cccc(/C(O)=C2/C(=O)C(=O)N(c3ccccc3C)C2c2cccc(OCC)c2)c1. The van der Waals surface area contributed by atoms with Gasteiger partial charge in [0.15, 0.2) is 0 Å². The van der Waals surface area contributed by atoms with Gasteiger partial charge in [-0.2, -0.15) is 0 Å². The minimum Gasteiger partial charge on any atom is -0.507 e. The molecule has 3 aromatic rings. The fourth-order valence-corrected chi connectivity index (χ4v) is 4.28. The van der Waals surface area contributed by atoms with Crippen LogP contribution < -0.4 is 14.4 Å². The molecule has 1 N–H and O–H groups in total. The smallest absolute Gasteiger partial charge is 0.300 e. The molecule has 6 heteroatoms. The van der Waals surface area contributed by atoms with Crippen molar-refractivity contribution in [1.29, 1.82) is 0 Å². The van der Waals surface area contributed by atoms with Gasteiger partial charge >= 0.3 is 0 Å². The van der Waals surface area contributed by atoms with E-state index in [0.29, 0.717) is 41.5 Å². The van der Waals surface area contributed by atoms with Gasteiger partial charge < -0.3 is 14.6 Å². The monoisotopic (exact) mass is 471 g/mol. The molecule has 0 spiro atoms. The van der Waals surface area contributed by atoms with Crippen molar-refractivity contribution in [2.75, 3.05) is 18.1 Å². The third kappa shape index (κ3) is 4.78. The van der Waals surface area contributed by atoms with E-state index in [4.69, 9.17) is 9.47 Å². The Kier molecular flexibility index (Phi) is 7.20. The van der Waals surface area contributed by atoms with Gasteiger partial charge in [0.2, 0.25) is 0 Å². The number of ketones is 1. The maximum atomic E-state index is 13.4. The van der Waals surface area contributed by atoms with Gasteiger partial charge in [-0.25, -0.2) is 0 Å². The largest absolute Gasteiger partial charge is 0.507 e. The van der Waals surface area contributed by atoms with Crippen molar-refractivity contribution in [2.45, 2.75) is 33.2 Å². The number of para-hydroxylation sites is 1. The van der Waals surface area contributed by atoms with Crippen molar-refractivity contribution in [3.8, 4) is 11.5 Å². The predicted octanol–water partition coefficient (Wildman–Crippen LogP) is 5.81. The number of rotatable bonds is 8. The van der Waals surface area contributed by atoms with Crippen LogP contribution in [0.25, 0.3) is 5.76 Å². The highest BCUT2D eigenvalue weighted by molar-refractivity contribution is 6.51. The number of carbonyl (C=O) groups excluding carboxylic acids is 2. The number of Topliss-reactive ketones (excluding diaryl/α,β-unsaturated/α-hetero) is 1. The molecule has 0 saturated carbocycles. The summed E-state index contributed by atoms with van der Waals surface area (Å²) in [6.45, 7) is 6.79. The van der Waals surface area contributed by atoms with E-state index in [0.717, 1.165) is 12.0 Å². The van der Waals surface area contributed by atoms with Crippen LogP contribution in [0.5, 0.6) is 11.5 Å². The number of hydrogen-bond acceptors (Lipinski definition) is 5. The lowest BCUT2D eigenvalue weighted by molar-refractivity contribution is -0.132. The Bertz CT molecular complexity index is 1280. The lowest BCUT2D eigenvalue weighted by atomic mass is 9.94. The highest BCUT2D eigenvalue weighted by Gasteiger charge is 2.47. The summed E-state index contributed by atoms with van der Waals surface area (Å²) in [5.41, 5.74) is 2.56. The standard InChI is InChI=1S/C29H29NO5/c1-4-16-35-23-14-9-12-21(18-23)27(31)25-26(20-11-8-13-22(17-20)34-5-2)30(29(33)28(25)32)24-15-7-6-10-19(24)3/h6-15,17-18,26,31H,4-5,16H2,1-3H3/b27-25-. The molecule has 1 aliphatic heterocycles. The van der Waals surface area contributed by atoms with Crippen LogP contribution in [0.1, 0.15) is 43.0 Å². The molecule has 0 aliphatic carbocycles. The summed E-state index contributed by atoms with van der Waals surface area (Å²) < 4.78 is 11.4. The Labute approximate surface area is 205 Å². The fourth-order valence-electron chi connectivity index (χ4n) is 4.28. The highest BCUT2D eigenvalue weighted by atomic mass is 16.5. The molecule has 1 amide bonds. The van der Waals surface area contributed by atoms with E-state index < -0.39 is 17.7 Å². The summed E-state index contributed by atoms with van der Waals surface area (Å²) in [6.07, 6.45) is 0.841. The number of nitrogens with zero attached hydrogens (tertiary/aromatic N) is 1. The van der Waals surface area contributed by atoms with Crippen LogP contribution in [0.15, 0.2) is 78.4 Å². The average Bonchev–Trinajstić information content (AvgIpc) is 3.13. The molecule has 0 bridgehead atoms. The Morgan fingerprint density at radius 1 is 0.914 bits per heavy atom. The summed E-state index contributed by atoms with van der Waals surface area (Å²) in [5, 5.41) is 11.4. The molecule has 1 saturated heterocycles. The molecule has 3 aromatic carbocycles. The van der Waals surface area contributed by atoms with Crippen molar-refractivity contribution < 1.29 is 24.2 Å². The number of carbonyl (C=O) groups is 2. The molecular formula is C29H29NO5. The van der Waals surface area contributed by atoms with Crippen LogP contribution in [0, 0.1) is 6.92 Å². The minimum atomic E-state index is -0.822.